The van der Waals surface area contributed by atoms with Gasteiger partial charge in [-0.2, -0.15) is 5.10 Å². The molecule has 2 aromatic rings. The van der Waals surface area contributed by atoms with E-state index in [1.807, 2.05) is 6.07 Å². The molecule has 1 aromatic heterocycles. The maximum atomic E-state index is 13.3. The van der Waals surface area contributed by atoms with E-state index in [4.69, 9.17) is 4.74 Å². The summed E-state index contributed by atoms with van der Waals surface area (Å²) in [6.45, 7) is 3.40. The number of anilines is 2. The highest BCUT2D eigenvalue weighted by atomic mass is 32.2. The van der Waals surface area contributed by atoms with Gasteiger partial charge >= 0.3 is 6.09 Å². The molecular formula is C24H28F2N4O5S. The average Bonchev–Trinajstić information content (AvgIpc) is 3.26. The number of aromatic nitrogens is 2. The first-order valence-corrected chi connectivity index (χ1v) is 13.8. The molecule has 0 radical (unpaired) electrons. The van der Waals surface area contributed by atoms with Crippen LogP contribution in [0.25, 0.3) is 11.1 Å². The van der Waals surface area contributed by atoms with Crippen LogP contribution in [-0.2, 0) is 19.4 Å². The van der Waals surface area contributed by atoms with Crippen molar-refractivity contribution in [3.05, 3.63) is 30.6 Å². The van der Waals surface area contributed by atoms with Gasteiger partial charge < -0.3 is 9.64 Å². The Labute approximate surface area is 207 Å². The highest BCUT2D eigenvalue weighted by molar-refractivity contribution is 7.91. The lowest BCUT2D eigenvalue weighted by Gasteiger charge is -2.42. The van der Waals surface area contributed by atoms with E-state index in [1.54, 1.807) is 41.0 Å². The summed E-state index contributed by atoms with van der Waals surface area (Å²) < 4.78 is 57.6. The molecule has 1 unspecified atom stereocenters. The summed E-state index contributed by atoms with van der Waals surface area (Å²) in [6, 6.07) is 4.71. The zero-order valence-corrected chi connectivity index (χ0v) is 20.9. The second-order valence-electron chi connectivity index (χ2n) is 9.94. The summed E-state index contributed by atoms with van der Waals surface area (Å²) in [5, 5.41) is 4.39. The van der Waals surface area contributed by atoms with E-state index in [2.05, 4.69) is 5.10 Å². The van der Waals surface area contributed by atoms with Crippen LogP contribution in [0.3, 0.4) is 0 Å². The van der Waals surface area contributed by atoms with E-state index >= 15 is 0 Å². The fourth-order valence-electron chi connectivity index (χ4n) is 5.25. The number of hydrogen-bond donors (Lipinski definition) is 0. The van der Waals surface area contributed by atoms with Crippen molar-refractivity contribution in [3.63, 3.8) is 0 Å². The number of halogens is 2. The van der Waals surface area contributed by atoms with Crippen molar-refractivity contribution in [2.45, 2.75) is 63.6 Å². The Morgan fingerprint density at radius 2 is 1.92 bits per heavy atom. The molecule has 1 aromatic carbocycles. The van der Waals surface area contributed by atoms with Gasteiger partial charge in [-0.15, -0.1) is 0 Å². The number of carbonyl (C=O) groups excluding carboxylic acids is 2. The lowest BCUT2D eigenvalue weighted by Crippen LogP contribution is -2.53. The van der Waals surface area contributed by atoms with Gasteiger partial charge in [0.05, 0.1) is 41.2 Å². The standard InChI is InChI=1S/C24H28F2N4O5S/c1-15-12-28(23(32)35-20-9-24(25,26)10-20)22-8-17(5-6-21(22)30(15)16(2)31)18-11-27-29(13-18)19-4-3-7-36(33,34)14-19/h5-6,8,11,13,15,19-20H,3-4,7,9-10,12,14H2,1-2H3/t15-,19?/m0/s1. The van der Waals surface area contributed by atoms with Crippen molar-refractivity contribution in [1.29, 1.82) is 0 Å². The third-order valence-electron chi connectivity index (χ3n) is 7.04. The second-order valence-corrected chi connectivity index (χ2v) is 12.2. The monoisotopic (exact) mass is 522 g/mol. The smallest absolute Gasteiger partial charge is 0.414 e. The molecule has 5 rings (SSSR count). The zero-order chi connectivity index (χ0) is 25.8. The van der Waals surface area contributed by atoms with E-state index in [1.165, 1.54) is 11.8 Å². The average molecular weight is 523 g/mol. The molecule has 0 bridgehead atoms. The van der Waals surface area contributed by atoms with Crippen molar-refractivity contribution in [1.82, 2.24) is 9.78 Å². The number of hydrogen-bond acceptors (Lipinski definition) is 6. The first-order chi connectivity index (χ1) is 16.9. The number of amides is 2. The Morgan fingerprint density at radius 1 is 1.17 bits per heavy atom. The van der Waals surface area contributed by atoms with E-state index in [9.17, 15) is 26.8 Å². The Bertz CT molecular complexity index is 1300. The number of fused-ring (bicyclic) bond motifs is 1. The third kappa shape index (κ3) is 4.70. The Balaban J connectivity index is 1.45. The molecule has 0 N–H and O–H groups in total. The van der Waals surface area contributed by atoms with Gasteiger partial charge in [0.2, 0.25) is 5.91 Å². The van der Waals surface area contributed by atoms with Crippen molar-refractivity contribution >= 4 is 33.2 Å². The third-order valence-corrected chi connectivity index (χ3v) is 8.84. The summed E-state index contributed by atoms with van der Waals surface area (Å²) in [4.78, 5) is 28.4. The number of nitrogens with zero attached hydrogens (tertiary/aromatic N) is 4. The molecule has 12 heteroatoms. The summed E-state index contributed by atoms with van der Waals surface area (Å²) in [6.07, 6.45) is 2.16. The molecule has 9 nitrogen and oxygen atoms in total. The SMILES string of the molecule is CC(=O)N1c2ccc(-c3cnn(C4CCCS(=O)(=O)C4)c3)cc2N(C(=O)OC2CC(F)(F)C2)C[C@@H]1C. The van der Waals surface area contributed by atoms with Crippen LogP contribution in [0.4, 0.5) is 25.0 Å². The molecule has 3 heterocycles. The quantitative estimate of drug-likeness (QED) is 0.608. The largest absolute Gasteiger partial charge is 0.445 e. The first kappa shape index (κ1) is 24.7. The van der Waals surface area contributed by atoms with Crippen LogP contribution in [0, 0.1) is 0 Å². The summed E-state index contributed by atoms with van der Waals surface area (Å²) >= 11 is 0. The number of ether oxygens (including phenoxy) is 1. The molecule has 1 saturated heterocycles. The lowest BCUT2D eigenvalue weighted by molar-refractivity contribution is -0.143. The maximum Gasteiger partial charge on any atom is 0.414 e. The molecule has 2 aliphatic heterocycles. The molecule has 36 heavy (non-hydrogen) atoms. The molecule has 0 spiro atoms. The highest BCUT2D eigenvalue weighted by Gasteiger charge is 2.48. The topological polar surface area (TPSA) is 102 Å². The lowest BCUT2D eigenvalue weighted by atomic mass is 9.91. The molecule has 1 saturated carbocycles. The molecule has 2 atom stereocenters. The van der Waals surface area contributed by atoms with Crippen molar-refractivity contribution in [2.24, 2.45) is 0 Å². The fraction of sp³-hybridized carbons (Fsp3) is 0.542. The van der Waals surface area contributed by atoms with E-state index in [-0.39, 0.29) is 36.0 Å². The van der Waals surface area contributed by atoms with Crippen LogP contribution in [0.2, 0.25) is 0 Å². The minimum Gasteiger partial charge on any atom is -0.445 e. The number of benzene rings is 1. The Hall–Kier alpha value is -3.02. The van der Waals surface area contributed by atoms with Crippen LogP contribution in [0.5, 0.6) is 0 Å². The summed E-state index contributed by atoms with van der Waals surface area (Å²) in [5.41, 5.74) is 2.39. The highest BCUT2D eigenvalue weighted by Crippen LogP contribution is 2.42. The molecule has 3 aliphatic rings. The van der Waals surface area contributed by atoms with Gasteiger partial charge in [0.1, 0.15) is 6.10 Å². The molecule has 194 valence electrons. The number of sulfone groups is 1. The number of carbonyl (C=O) groups is 2. The van der Waals surface area contributed by atoms with Crippen molar-refractivity contribution in [2.75, 3.05) is 27.9 Å². The Morgan fingerprint density at radius 3 is 2.58 bits per heavy atom. The van der Waals surface area contributed by atoms with Crippen LogP contribution in [0.15, 0.2) is 30.6 Å². The fourth-order valence-corrected chi connectivity index (χ4v) is 6.93. The Kier molecular flexibility index (Phi) is 6.05. The molecule has 2 amide bonds. The van der Waals surface area contributed by atoms with E-state index in [0.717, 1.165) is 12.0 Å². The number of rotatable bonds is 3. The van der Waals surface area contributed by atoms with Crippen molar-refractivity contribution in [3.8, 4) is 11.1 Å². The molecule has 2 fully saturated rings. The van der Waals surface area contributed by atoms with Gasteiger partial charge in [0.25, 0.3) is 5.92 Å². The summed E-state index contributed by atoms with van der Waals surface area (Å²) in [5.74, 6) is -2.76. The molecule has 1 aliphatic carbocycles. The van der Waals surface area contributed by atoms with E-state index in [0.29, 0.717) is 23.4 Å². The van der Waals surface area contributed by atoms with Gasteiger partial charge in [-0.05, 0) is 37.5 Å². The maximum absolute atomic E-state index is 13.3. The normalized spacial score (nSPS) is 25.1. The zero-order valence-electron chi connectivity index (χ0n) is 20.1. The van der Waals surface area contributed by atoms with Crippen LogP contribution in [0.1, 0.15) is 45.6 Å². The van der Waals surface area contributed by atoms with Gasteiger partial charge in [0.15, 0.2) is 9.84 Å². The van der Waals surface area contributed by atoms with E-state index < -0.39 is 40.8 Å². The van der Waals surface area contributed by atoms with Gasteiger partial charge in [-0.25, -0.2) is 22.0 Å². The summed E-state index contributed by atoms with van der Waals surface area (Å²) in [7, 11) is -3.10. The number of alkyl halides is 2. The predicted octanol–water partition coefficient (Wildman–Crippen LogP) is 3.80. The van der Waals surface area contributed by atoms with Gasteiger partial charge in [0, 0.05) is 38.1 Å². The predicted molar refractivity (Wildman–Crippen MR) is 129 cm³/mol. The van der Waals surface area contributed by atoms with Gasteiger partial charge in [-0.3, -0.25) is 14.4 Å². The van der Waals surface area contributed by atoms with Crippen molar-refractivity contribution < 1.29 is 31.5 Å². The minimum absolute atomic E-state index is 0.0452. The van der Waals surface area contributed by atoms with Crippen LogP contribution >= 0.6 is 0 Å². The second kappa shape index (κ2) is 8.82. The minimum atomic E-state index is -3.10. The van der Waals surface area contributed by atoms with Gasteiger partial charge in [-0.1, -0.05) is 6.07 Å². The first-order valence-electron chi connectivity index (χ1n) is 12.0. The van der Waals surface area contributed by atoms with Crippen LogP contribution in [-0.4, -0.2) is 66.3 Å². The van der Waals surface area contributed by atoms with Crippen LogP contribution < -0.4 is 9.80 Å². The molecular weight excluding hydrogens is 494 g/mol.